The summed E-state index contributed by atoms with van der Waals surface area (Å²) in [5.74, 6) is 0.467. The van der Waals surface area contributed by atoms with Gasteiger partial charge in [0.25, 0.3) is 5.91 Å². The number of aldehydes is 1. The van der Waals surface area contributed by atoms with Gasteiger partial charge in [0.1, 0.15) is 6.29 Å². The predicted octanol–water partition coefficient (Wildman–Crippen LogP) is 3.57. The van der Waals surface area contributed by atoms with Crippen molar-refractivity contribution < 1.29 is 19.1 Å². The number of rotatable bonds is 7. The van der Waals surface area contributed by atoms with Gasteiger partial charge in [-0.3, -0.25) is 9.59 Å². The van der Waals surface area contributed by atoms with E-state index in [-0.39, 0.29) is 12.5 Å². The SMILES string of the molecule is CCOc1cc(C=O)ccc1OCC(=O)Nc1ccccc1Cl. The third-order valence-electron chi connectivity index (χ3n) is 2.91. The number of carbonyl (C=O) groups excluding carboxylic acids is 2. The Balaban J connectivity index is 2.01. The number of amides is 1. The lowest BCUT2D eigenvalue weighted by molar-refractivity contribution is -0.118. The Hall–Kier alpha value is -2.53. The van der Waals surface area contributed by atoms with Crippen LogP contribution in [0.3, 0.4) is 0 Å². The number of nitrogens with one attached hydrogen (secondary N) is 1. The minimum atomic E-state index is -0.347. The number of para-hydroxylation sites is 1. The van der Waals surface area contributed by atoms with Crippen molar-refractivity contribution in [1.82, 2.24) is 0 Å². The van der Waals surface area contributed by atoms with Gasteiger partial charge in [-0.15, -0.1) is 0 Å². The van der Waals surface area contributed by atoms with Crippen molar-refractivity contribution in [3.63, 3.8) is 0 Å². The molecule has 0 aromatic heterocycles. The fourth-order valence-electron chi connectivity index (χ4n) is 1.88. The van der Waals surface area contributed by atoms with Crippen LogP contribution in [0.25, 0.3) is 0 Å². The van der Waals surface area contributed by atoms with E-state index >= 15 is 0 Å². The normalized spacial score (nSPS) is 10.0. The Morgan fingerprint density at radius 3 is 2.65 bits per heavy atom. The molecule has 1 N–H and O–H groups in total. The van der Waals surface area contributed by atoms with E-state index in [9.17, 15) is 9.59 Å². The van der Waals surface area contributed by atoms with Crippen molar-refractivity contribution in [1.29, 1.82) is 0 Å². The molecule has 0 spiro atoms. The second-order valence-corrected chi connectivity index (χ2v) is 4.98. The van der Waals surface area contributed by atoms with Crippen molar-refractivity contribution in [3.8, 4) is 11.5 Å². The monoisotopic (exact) mass is 333 g/mol. The second kappa shape index (κ2) is 8.19. The average Bonchev–Trinajstić information content (AvgIpc) is 2.56. The molecule has 5 nitrogen and oxygen atoms in total. The minimum absolute atomic E-state index is 0.203. The first kappa shape index (κ1) is 16.8. The van der Waals surface area contributed by atoms with Crippen molar-refractivity contribution >= 4 is 29.5 Å². The molecule has 2 aromatic rings. The molecule has 0 unspecified atom stereocenters. The van der Waals surface area contributed by atoms with E-state index in [4.69, 9.17) is 21.1 Å². The zero-order valence-electron chi connectivity index (χ0n) is 12.5. The maximum Gasteiger partial charge on any atom is 0.262 e. The summed E-state index contributed by atoms with van der Waals surface area (Å²) in [7, 11) is 0. The molecule has 0 aliphatic heterocycles. The van der Waals surface area contributed by atoms with E-state index in [1.807, 2.05) is 6.92 Å². The van der Waals surface area contributed by atoms with Crippen molar-refractivity contribution in [2.45, 2.75) is 6.92 Å². The molecule has 0 aliphatic carbocycles. The maximum absolute atomic E-state index is 11.9. The van der Waals surface area contributed by atoms with Crippen molar-refractivity contribution in [2.24, 2.45) is 0 Å². The number of anilines is 1. The smallest absolute Gasteiger partial charge is 0.262 e. The molecule has 0 bridgehead atoms. The van der Waals surface area contributed by atoms with E-state index in [0.717, 1.165) is 6.29 Å². The predicted molar refractivity (Wildman–Crippen MR) is 88.6 cm³/mol. The van der Waals surface area contributed by atoms with E-state index in [1.165, 1.54) is 0 Å². The highest BCUT2D eigenvalue weighted by Crippen LogP contribution is 2.28. The van der Waals surface area contributed by atoms with Crippen LogP contribution >= 0.6 is 11.6 Å². The summed E-state index contributed by atoms with van der Waals surface area (Å²) in [6.45, 7) is 2.04. The molecule has 120 valence electrons. The first-order valence-electron chi connectivity index (χ1n) is 7.03. The highest BCUT2D eigenvalue weighted by atomic mass is 35.5. The molecule has 0 saturated carbocycles. The van der Waals surface area contributed by atoms with Crippen LogP contribution in [0, 0.1) is 0 Å². The standard InChI is InChI=1S/C17H16ClNO4/c1-2-22-16-9-12(10-20)7-8-15(16)23-11-17(21)19-14-6-4-3-5-13(14)18/h3-10H,2,11H2,1H3,(H,19,21). The van der Waals surface area contributed by atoms with E-state index in [2.05, 4.69) is 5.32 Å². The van der Waals surface area contributed by atoms with Crippen LogP contribution in [0.15, 0.2) is 42.5 Å². The Morgan fingerprint density at radius 2 is 1.96 bits per heavy atom. The topological polar surface area (TPSA) is 64.6 Å². The van der Waals surface area contributed by atoms with Gasteiger partial charge in [0.15, 0.2) is 18.1 Å². The molecule has 6 heteroatoms. The molecule has 2 aromatic carbocycles. The molecule has 0 fully saturated rings. The number of ether oxygens (including phenoxy) is 2. The maximum atomic E-state index is 11.9. The zero-order chi connectivity index (χ0) is 16.7. The number of halogens is 1. The Morgan fingerprint density at radius 1 is 1.17 bits per heavy atom. The second-order valence-electron chi connectivity index (χ2n) is 4.57. The van der Waals surface area contributed by atoms with E-state index in [1.54, 1.807) is 42.5 Å². The number of hydrogen-bond acceptors (Lipinski definition) is 4. The van der Waals surface area contributed by atoms with Gasteiger partial charge >= 0.3 is 0 Å². The number of benzene rings is 2. The first-order valence-corrected chi connectivity index (χ1v) is 7.41. The Kier molecular flexibility index (Phi) is 6.00. The zero-order valence-corrected chi connectivity index (χ0v) is 13.3. The lowest BCUT2D eigenvalue weighted by Gasteiger charge is -2.12. The van der Waals surface area contributed by atoms with Crippen LogP contribution in [0.1, 0.15) is 17.3 Å². The van der Waals surface area contributed by atoms with Gasteiger partial charge in [0.2, 0.25) is 0 Å². The van der Waals surface area contributed by atoms with Crippen molar-refractivity contribution in [3.05, 3.63) is 53.1 Å². The summed E-state index contributed by atoms with van der Waals surface area (Å²) in [6.07, 6.45) is 0.719. The Bertz CT molecular complexity index is 703. The number of hydrogen-bond donors (Lipinski definition) is 1. The molecule has 0 radical (unpaired) electrons. The van der Waals surface area contributed by atoms with Gasteiger partial charge in [-0.2, -0.15) is 0 Å². The van der Waals surface area contributed by atoms with Crippen LogP contribution in [0.2, 0.25) is 5.02 Å². The van der Waals surface area contributed by atoms with E-state index < -0.39 is 0 Å². The lowest BCUT2D eigenvalue weighted by atomic mass is 10.2. The van der Waals surface area contributed by atoms with Crippen molar-refractivity contribution in [2.75, 3.05) is 18.5 Å². The highest BCUT2D eigenvalue weighted by Gasteiger charge is 2.10. The molecule has 23 heavy (non-hydrogen) atoms. The lowest BCUT2D eigenvalue weighted by Crippen LogP contribution is -2.20. The summed E-state index contributed by atoms with van der Waals surface area (Å²) in [6, 6.07) is 11.7. The van der Waals surface area contributed by atoms with Crippen LogP contribution in [0.4, 0.5) is 5.69 Å². The molecular formula is C17H16ClNO4. The molecule has 0 atom stereocenters. The van der Waals surface area contributed by atoms with Gasteiger partial charge in [0, 0.05) is 5.56 Å². The molecule has 0 aliphatic rings. The first-order chi connectivity index (χ1) is 11.1. The molecule has 0 heterocycles. The quantitative estimate of drug-likeness (QED) is 0.787. The summed E-state index contributed by atoms with van der Waals surface area (Å²) >= 11 is 5.98. The third kappa shape index (κ3) is 4.72. The fraction of sp³-hybridized carbons (Fsp3) is 0.176. The van der Waals surface area contributed by atoms with Gasteiger partial charge in [-0.25, -0.2) is 0 Å². The Labute approximate surface area is 139 Å². The summed E-state index contributed by atoms with van der Waals surface area (Å²) in [5.41, 5.74) is 0.991. The average molecular weight is 334 g/mol. The van der Waals surface area contributed by atoms with Crippen LogP contribution in [-0.2, 0) is 4.79 Å². The van der Waals surface area contributed by atoms with Gasteiger partial charge in [-0.1, -0.05) is 23.7 Å². The molecular weight excluding hydrogens is 318 g/mol. The minimum Gasteiger partial charge on any atom is -0.490 e. The largest absolute Gasteiger partial charge is 0.490 e. The van der Waals surface area contributed by atoms with E-state index in [0.29, 0.717) is 34.4 Å². The molecule has 1 amide bonds. The number of carbonyl (C=O) groups is 2. The molecule has 0 saturated heterocycles. The summed E-state index contributed by atoms with van der Waals surface area (Å²) in [5, 5.41) is 3.11. The van der Waals surface area contributed by atoms with Gasteiger partial charge in [-0.05, 0) is 37.3 Å². The summed E-state index contributed by atoms with van der Waals surface area (Å²) < 4.78 is 10.9. The van der Waals surface area contributed by atoms with Crippen LogP contribution < -0.4 is 14.8 Å². The van der Waals surface area contributed by atoms with Crippen LogP contribution in [0.5, 0.6) is 11.5 Å². The highest BCUT2D eigenvalue weighted by molar-refractivity contribution is 6.33. The fourth-order valence-corrected chi connectivity index (χ4v) is 2.06. The third-order valence-corrected chi connectivity index (χ3v) is 3.24. The molecule has 2 rings (SSSR count). The summed E-state index contributed by atoms with van der Waals surface area (Å²) in [4.78, 5) is 22.7. The van der Waals surface area contributed by atoms with Gasteiger partial charge < -0.3 is 14.8 Å². The van der Waals surface area contributed by atoms with Gasteiger partial charge in [0.05, 0.1) is 17.3 Å². The van der Waals surface area contributed by atoms with Crippen LogP contribution in [-0.4, -0.2) is 25.4 Å².